The lowest BCUT2D eigenvalue weighted by molar-refractivity contribution is -0.120. The molecule has 0 spiro atoms. The van der Waals surface area contributed by atoms with E-state index in [1.54, 1.807) is 18.4 Å². The Kier molecular flexibility index (Phi) is 6.44. The summed E-state index contributed by atoms with van der Waals surface area (Å²) in [5.41, 5.74) is 0.955. The van der Waals surface area contributed by atoms with Crippen molar-refractivity contribution in [2.45, 2.75) is 12.5 Å². The molecule has 0 saturated carbocycles. The molecule has 1 aliphatic rings. The van der Waals surface area contributed by atoms with Crippen molar-refractivity contribution in [2.75, 3.05) is 40.0 Å². The van der Waals surface area contributed by atoms with E-state index in [4.69, 9.17) is 9.47 Å². The minimum atomic E-state index is 0.0306. The Morgan fingerprint density at radius 2 is 2.16 bits per heavy atom. The number of carbonyl (C=O) groups is 1. The normalized spacial score (nSPS) is 16.4. The van der Waals surface area contributed by atoms with Gasteiger partial charge in [-0.25, -0.2) is 0 Å². The van der Waals surface area contributed by atoms with Crippen LogP contribution in [0.3, 0.4) is 0 Å². The van der Waals surface area contributed by atoms with Crippen LogP contribution in [0, 0.1) is 0 Å². The number of hydrogen-bond acceptors (Lipinski definition) is 5. The van der Waals surface area contributed by atoms with E-state index in [2.05, 4.69) is 27.7 Å². The molecule has 2 heterocycles. The predicted octanol–water partition coefficient (Wildman–Crippen LogP) is 2.49. The summed E-state index contributed by atoms with van der Waals surface area (Å²) in [6.45, 7) is 3.91. The number of rotatable bonds is 7. The van der Waals surface area contributed by atoms with Crippen LogP contribution in [0.25, 0.3) is 0 Å². The molecule has 25 heavy (non-hydrogen) atoms. The highest BCUT2D eigenvalue weighted by Crippen LogP contribution is 2.25. The zero-order chi connectivity index (χ0) is 17.5. The van der Waals surface area contributed by atoms with Gasteiger partial charge in [-0.1, -0.05) is 18.2 Å². The minimum Gasteiger partial charge on any atom is -0.497 e. The van der Waals surface area contributed by atoms with Crippen molar-refractivity contribution in [1.82, 2.24) is 10.2 Å². The molecule has 3 rings (SSSR count). The summed E-state index contributed by atoms with van der Waals surface area (Å²) in [6, 6.07) is 12.0. The highest BCUT2D eigenvalue weighted by atomic mass is 32.1. The molecule has 1 aliphatic heterocycles. The van der Waals surface area contributed by atoms with Gasteiger partial charge in [-0.2, -0.15) is 0 Å². The van der Waals surface area contributed by atoms with Gasteiger partial charge in [0.25, 0.3) is 0 Å². The van der Waals surface area contributed by atoms with Crippen LogP contribution >= 0.6 is 11.3 Å². The predicted molar refractivity (Wildman–Crippen MR) is 99.2 cm³/mol. The monoisotopic (exact) mass is 360 g/mol. The first-order valence-electron chi connectivity index (χ1n) is 8.51. The Hall–Kier alpha value is -1.89. The van der Waals surface area contributed by atoms with Crippen molar-refractivity contribution in [3.8, 4) is 5.75 Å². The fraction of sp³-hybridized carbons (Fsp3) is 0.421. The second-order valence-corrected chi connectivity index (χ2v) is 6.99. The molecule has 1 N–H and O–H groups in total. The molecule has 1 atom stereocenters. The number of nitrogens with one attached hydrogen (secondary N) is 1. The summed E-state index contributed by atoms with van der Waals surface area (Å²) in [4.78, 5) is 16.0. The summed E-state index contributed by atoms with van der Waals surface area (Å²) in [5.74, 6) is 0.804. The number of ether oxygens (including phenoxy) is 2. The van der Waals surface area contributed by atoms with E-state index in [1.165, 1.54) is 4.88 Å². The summed E-state index contributed by atoms with van der Waals surface area (Å²) in [7, 11) is 1.63. The maximum atomic E-state index is 12.4. The van der Waals surface area contributed by atoms with E-state index in [0.717, 1.165) is 37.6 Å². The number of benzene rings is 1. The number of thiophene rings is 1. The van der Waals surface area contributed by atoms with Gasteiger partial charge in [0.05, 0.1) is 32.8 Å². The molecule has 1 aromatic heterocycles. The van der Waals surface area contributed by atoms with Gasteiger partial charge in [-0.3, -0.25) is 9.69 Å². The molecule has 0 aliphatic carbocycles. The van der Waals surface area contributed by atoms with Crippen molar-refractivity contribution < 1.29 is 14.3 Å². The molecular formula is C19H24N2O3S. The van der Waals surface area contributed by atoms with E-state index in [-0.39, 0.29) is 11.9 Å². The second kappa shape index (κ2) is 8.99. The minimum absolute atomic E-state index is 0.0306. The van der Waals surface area contributed by atoms with E-state index in [9.17, 15) is 4.79 Å². The van der Waals surface area contributed by atoms with Crippen LogP contribution in [0.5, 0.6) is 5.75 Å². The summed E-state index contributed by atoms with van der Waals surface area (Å²) < 4.78 is 10.7. The lowest BCUT2D eigenvalue weighted by Gasteiger charge is -2.34. The van der Waals surface area contributed by atoms with Crippen LogP contribution in [0.1, 0.15) is 16.5 Å². The molecule has 1 amide bonds. The largest absolute Gasteiger partial charge is 0.497 e. The third-order valence-electron chi connectivity index (χ3n) is 4.35. The fourth-order valence-electron chi connectivity index (χ4n) is 3.02. The number of morpholine rings is 1. The second-order valence-electron chi connectivity index (χ2n) is 6.01. The molecule has 1 aromatic carbocycles. The Balaban J connectivity index is 1.59. The zero-order valence-electron chi connectivity index (χ0n) is 14.4. The van der Waals surface area contributed by atoms with Gasteiger partial charge in [0, 0.05) is 24.5 Å². The Bertz CT molecular complexity index is 669. The van der Waals surface area contributed by atoms with E-state index in [1.807, 2.05) is 24.3 Å². The third kappa shape index (κ3) is 5.04. The van der Waals surface area contributed by atoms with Crippen molar-refractivity contribution >= 4 is 17.2 Å². The van der Waals surface area contributed by atoms with Gasteiger partial charge >= 0.3 is 0 Å². The Morgan fingerprint density at radius 3 is 2.88 bits per heavy atom. The highest BCUT2D eigenvalue weighted by Gasteiger charge is 2.23. The van der Waals surface area contributed by atoms with Crippen molar-refractivity contribution in [2.24, 2.45) is 0 Å². The van der Waals surface area contributed by atoms with Gasteiger partial charge in [-0.05, 0) is 29.1 Å². The Morgan fingerprint density at radius 1 is 1.32 bits per heavy atom. The maximum absolute atomic E-state index is 12.4. The standard InChI is InChI=1S/C19H24N2O3S/c1-23-16-5-2-4-15(12-16)13-19(22)20-14-17(18-6-3-11-25-18)21-7-9-24-10-8-21/h2-6,11-12,17H,7-10,13-14H2,1H3,(H,20,22)/t17-/m0/s1. The van der Waals surface area contributed by atoms with Crippen LogP contribution < -0.4 is 10.1 Å². The topological polar surface area (TPSA) is 50.8 Å². The van der Waals surface area contributed by atoms with Crippen LogP contribution in [-0.4, -0.2) is 50.8 Å². The third-order valence-corrected chi connectivity index (χ3v) is 5.32. The maximum Gasteiger partial charge on any atom is 0.224 e. The first kappa shape index (κ1) is 17.9. The van der Waals surface area contributed by atoms with Gasteiger partial charge in [0.1, 0.15) is 5.75 Å². The van der Waals surface area contributed by atoms with Crippen molar-refractivity contribution in [3.05, 3.63) is 52.2 Å². The molecule has 1 fully saturated rings. The molecule has 0 radical (unpaired) electrons. The molecule has 6 heteroatoms. The SMILES string of the molecule is COc1cccc(CC(=O)NC[C@@H](c2cccs2)N2CCOCC2)c1. The fourth-order valence-corrected chi connectivity index (χ4v) is 3.88. The first-order valence-corrected chi connectivity index (χ1v) is 9.39. The van der Waals surface area contributed by atoms with Crippen LogP contribution in [0.4, 0.5) is 0 Å². The lowest BCUT2D eigenvalue weighted by atomic mass is 10.1. The van der Waals surface area contributed by atoms with Crippen LogP contribution in [0.2, 0.25) is 0 Å². The summed E-state index contributed by atoms with van der Waals surface area (Å²) in [5, 5.41) is 5.18. The van der Waals surface area contributed by atoms with E-state index >= 15 is 0 Å². The molecule has 5 nitrogen and oxygen atoms in total. The van der Waals surface area contributed by atoms with Gasteiger partial charge in [-0.15, -0.1) is 11.3 Å². The molecule has 0 unspecified atom stereocenters. The number of methoxy groups -OCH3 is 1. The van der Waals surface area contributed by atoms with E-state index in [0.29, 0.717) is 13.0 Å². The molecule has 2 aromatic rings. The average molecular weight is 360 g/mol. The first-order chi connectivity index (χ1) is 12.3. The average Bonchev–Trinajstić information content (AvgIpc) is 3.17. The van der Waals surface area contributed by atoms with Crippen molar-refractivity contribution in [3.63, 3.8) is 0 Å². The molecule has 1 saturated heterocycles. The Labute approximate surface area is 152 Å². The number of carbonyl (C=O) groups excluding carboxylic acids is 1. The van der Waals surface area contributed by atoms with Crippen molar-refractivity contribution in [1.29, 1.82) is 0 Å². The van der Waals surface area contributed by atoms with Gasteiger partial charge in [0.15, 0.2) is 0 Å². The van der Waals surface area contributed by atoms with E-state index < -0.39 is 0 Å². The molecule has 134 valence electrons. The lowest BCUT2D eigenvalue weighted by Crippen LogP contribution is -2.43. The number of amides is 1. The van der Waals surface area contributed by atoms with Crippen LogP contribution in [0.15, 0.2) is 41.8 Å². The zero-order valence-corrected chi connectivity index (χ0v) is 15.3. The quantitative estimate of drug-likeness (QED) is 0.824. The van der Waals surface area contributed by atoms with Crippen LogP contribution in [-0.2, 0) is 16.0 Å². The van der Waals surface area contributed by atoms with Gasteiger partial charge in [0.2, 0.25) is 5.91 Å². The number of nitrogens with zero attached hydrogens (tertiary/aromatic N) is 1. The summed E-state index contributed by atoms with van der Waals surface area (Å²) >= 11 is 1.73. The van der Waals surface area contributed by atoms with Gasteiger partial charge < -0.3 is 14.8 Å². The molecule has 0 bridgehead atoms. The smallest absolute Gasteiger partial charge is 0.224 e. The molecular weight excluding hydrogens is 336 g/mol. The highest BCUT2D eigenvalue weighted by molar-refractivity contribution is 7.10. The number of hydrogen-bond donors (Lipinski definition) is 1. The summed E-state index contributed by atoms with van der Waals surface area (Å²) in [6.07, 6.45) is 0.359.